The molecule has 0 aliphatic carbocycles. The Morgan fingerprint density at radius 3 is 1.46 bits per heavy atom. The third-order valence-corrected chi connectivity index (χ3v) is 6.41. The molecule has 2 aromatic rings. The van der Waals surface area contributed by atoms with E-state index in [1.54, 1.807) is 0 Å². The summed E-state index contributed by atoms with van der Waals surface area (Å²) in [5.41, 5.74) is 1.96. The lowest BCUT2D eigenvalue weighted by molar-refractivity contribution is -0.119. The van der Waals surface area contributed by atoms with Gasteiger partial charge in [-0.3, -0.25) is 29.8 Å². The summed E-state index contributed by atoms with van der Waals surface area (Å²) in [6.45, 7) is 0. The molecular formula is C18H14N2O4S2. The lowest BCUT2D eigenvalue weighted by Crippen LogP contribution is -2.25. The second-order valence-electron chi connectivity index (χ2n) is 6.10. The molecule has 2 unspecified atom stereocenters. The van der Waals surface area contributed by atoms with Gasteiger partial charge >= 0.3 is 0 Å². The Bertz CT molecular complexity index is 882. The maximum Gasteiger partial charge on any atom is 0.286 e. The number of hydrogen-bond acceptors (Lipinski definition) is 6. The number of carbonyl (C=O) groups excluding carboxylic acids is 4. The quantitative estimate of drug-likeness (QED) is 0.839. The summed E-state index contributed by atoms with van der Waals surface area (Å²) in [7, 11) is 0. The Balaban J connectivity index is 1.65. The third-order valence-electron chi connectivity index (χ3n) is 4.45. The molecule has 2 fully saturated rings. The van der Waals surface area contributed by atoms with E-state index < -0.39 is 10.5 Å². The van der Waals surface area contributed by atoms with Crippen molar-refractivity contribution in [1.82, 2.24) is 10.6 Å². The normalized spacial score (nSPS) is 22.8. The molecule has 0 radical (unpaired) electrons. The highest BCUT2D eigenvalue weighted by Gasteiger charge is 2.33. The van der Waals surface area contributed by atoms with E-state index in [-0.39, 0.29) is 22.3 Å². The van der Waals surface area contributed by atoms with Gasteiger partial charge in [0.25, 0.3) is 10.5 Å². The highest BCUT2D eigenvalue weighted by atomic mass is 32.2. The Labute approximate surface area is 157 Å². The van der Waals surface area contributed by atoms with Gasteiger partial charge in [0.1, 0.15) is 0 Å². The summed E-state index contributed by atoms with van der Waals surface area (Å²) in [6.07, 6.45) is 0.917. The fourth-order valence-corrected chi connectivity index (χ4v) is 4.94. The summed E-state index contributed by atoms with van der Waals surface area (Å²) in [5, 5.41) is 5.13. The zero-order valence-corrected chi connectivity index (χ0v) is 15.1. The first kappa shape index (κ1) is 17.1. The monoisotopic (exact) mass is 386 g/mol. The topological polar surface area (TPSA) is 92.3 Å². The fourth-order valence-electron chi connectivity index (χ4n) is 3.25. The number of fused-ring (bicyclic) bond motifs is 1. The van der Waals surface area contributed by atoms with Crippen molar-refractivity contribution in [1.29, 1.82) is 0 Å². The Morgan fingerprint density at radius 1 is 0.692 bits per heavy atom. The highest BCUT2D eigenvalue weighted by molar-refractivity contribution is 8.15. The molecule has 4 rings (SSSR count). The standard InChI is InChI=1S/C18H14N2O4S2/c21-15-13(25-17(23)19-15)7-9-3-1-5-11-10(4-2-6-12(9)11)8-14-16(22)20-18(24)26-14/h1-6,13-14H,7-8H2,(H,19,21,23)(H,20,22,24). The fraction of sp³-hybridized carbons (Fsp3) is 0.222. The van der Waals surface area contributed by atoms with E-state index >= 15 is 0 Å². The maximum absolute atomic E-state index is 11.9. The van der Waals surface area contributed by atoms with Gasteiger partial charge in [0.15, 0.2) is 0 Å². The predicted molar refractivity (Wildman–Crippen MR) is 101 cm³/mol. The Hall–Kier alpha value is -2.32. The molecule has 2 aliphatic heterocycles. The SMILES string of the molecule is O=C1NC(=O)C(Cc2cccc3c(CC4SC(=O)NC4=O)cccc23)S1. The van der Waals surface area contributed by atoms with Crippen LogP contribution in [0.3, 0.4) is 0 Å². The van der Waals surface area contributed by atoms with Gasteiger partial charge < -0.3 is 0 Å². The molecule has 2 heterocycles. The number of imide groups is 2. The first-order valence-electron chi connectivity index (χ1n) is 8.04. The first-order chi connectivity index (χ1) is 12.5. The molecule has 4 amide bonds. The van der Waals surface area contributed by atoms with Crippen LogP contribution >= 0.6 is 23.5 Å². The van der Waals surface area contributed by atoms with Crippen molar-refractivity contribution in [2.45, 2.75) is 23.3 Å². The summed E-state index contributed by atoms with van der Waals surface area (Å²) < 4.78 is 0. The molecule has 0 saturated carbocycles. The van der Waals surface area contributed by atoms with Gasteiger partial charge in [0.2, 0.25) is 11.8 Å². The van der Waals surface area contributed by atoms with Gasteiger partial charge in [-0.05, 0) is 34.7 Å². The van der Waals surface area contributed by atoms with Crippen molar-refractivity contribution in [3.63, 3.8) is 0 Å². The second kappa shape index (κ2) is 6.77. The van der Waals surface area contributed by atoms with Gasteiger partial charge in [-0.15, -0.1) is 0 Å². The van der Waals surface area contributed by atoms with Crippen LogP contribution < -0.4 is 10.6 Å². The van der Waals surface area contributed by atoms with E-state index in [4.69, 9.17) is 0 Å². The van der Waals surface area contributed by atoms with Crippen LogP contribution in [0.5, 0.6) is 0 Å². The summed E-state index contributed by atoms with van der Waals surface area (Å²) in [5.74, 6) is -0.517. The molecule has 0 aromatic heterocycles. The zero-order chi connectivity index (χ0) is 18.3. The second-order valence-corrected chi connectivity index (χ2v) is 8.46. The molecule has 2 atom stereocenters. The Kier molecular flexibility index (Phi) is 4.46. The molecule has 132 valence electrons. The molecule has 6 nitrogen and oxygen atoms in total. The molecule has 26 heavy (non-hydrogen) atoms. The minimum absolute atomic E-state index is 0.259. The smallest absolute Gasteiger partial charge is 0.286 e. The van der Waals surface area contributed by atoms with Crippen molar-refractivity contribution in [2.24, 2.45) is 0 Å². The number of carbonyl (C=O) groups is 4. The molecule has 2 saturated heterocycles. The van der Waals surface area contributed by atoms with Gasteiger partial charge in [0, 0.05) is 0 Å². The minimum Gasteiger partial charge on any atom is -0.286 e. The summed E-state index contributed by atoms with van der Waals surface area (Å²) in [4.78, 5) is 46.5. The lowest BCUT2D eigenvalue weighted by atomic mass is 9.95. The van der Waals surface area contributed by atoms with Crippen molar-refractivity contribution < 1.29 is 19.2 Å². The van der Waals surface area contributed by atoms with Crippen molar-refractivity contribution in [3.8, 4) is 0 Å². The molecule has 0 bridgehead atoms. The first-order valence-corrected chi connectivity index (χ1v) is 9.79. The van der Waals surface area contributed by atoms with E-state index in [0.717, 1.165) is 45.4 Å². The van der Waals surface area contributed by atoms with Crippen LogP contribution in [-0.4, -0.2) is 32.8 Å². The van der Waals surface area contributed by atoms with E-state index in [9.17, 15) is 19.2 Å². The van der Waals surface area contributed by atoms with Gasteiger partial charge in [-0.1, -0.05) is 59.9 Å². The van der Waals surface area contributed by atoms with E-state index in [1.807, 2.05) is 36.4 Å². The lowest BCUT2D eigenvalue weighted by Gasteiger charge is -2.13. The van der Waals surface area contributed by atoms with Gasteiger partial charge in [-0.2, -0.15) is 0 Å². The zero-order valence-electron chi connectivity index (χ0n) is 13.5. The van der Waals surface area contributed by atoms with Gasteiger partial charge in [-0.25, -0.2) is 0 Å². The average Bonchev–Trinajstić information content (AvgIpc) is 3.08. The highest BCUT2D eigenvalue weighted by Crippen LogP contribution is 2.31. The molecule has 2 aromatic carbocycles. The molecule has 0 spiro atoms. The van der Waals surface area contributed by atoms with E-state index in [1.165, 1.54) is 0 Å². The molecule has 2 N–H and O–H groups in total. The van der Waals surface area contributed by atoms with Crippen LogP contribution in [0.15, 0.2) is 36.4 Å². The van der Waals surface area contributed by atoms with Gasteiger partial charge in [0.05, 0.1) is 10.5 Å². The van der Waals surface area contributed by atoms with Crippen molar-refractivity contribution >= 4 is 56.6 Å². The minimum atomic E-state index is -0.425. The van der Waals surface area contributed by atoms with E-state index in [2.05, 4.69) is 10.6 Å². The molecule has 2 aliphatic rings. The maximum atomic E-state index is 11.9. The van der Waals surface area contributed by atoms with Crippen LogP contribution in [-0.2, 0) is 22.4 Å². The molecule has 8 heteroatoms. The van der Waals surface area contributed by atoms with E-state index in [0.29, 0.717) is 12.8 Å². The number of nitrogens with one attached hydrogen (secondary N) is 2. The number of rotatable bonds is 4. The number of amides is 4. The Morgan fingerprint density at radius 2 is 1.12 bits per heavy atom. The van der Waals surface area contributed by atoms with Crippen LogP contribution in [0.4, 0.5) is 9.59 Å². The van der Waals surface area contributed by atoms with Crippen LogP contribution in [0.1, 0.15) is 11.1 Å². The number of hydrogen-bond donors (Lipinski definition) is 2. The summed E-state index contributed by atoms with van der Waals surface area (Å²) in [6, 6.07) is 11.7. The molecular weight excluding hydrogens is 372 g/mol. The predicted octanol–water partition coefficient (Wildman–Crippen LogP) is 2.63. The van der Waals surface area contributed by atoms with Crippen LogP contribution in [0, 0.1) is 0 Å². The third kappa shape index (κ3) is 3.22. The van der Waals surface area contributed by atoms with Crippen molar-refractivity contribution in [3.05, 3.63) is 47.5 Å². The van der Waals surface area contributed by atoms with Crippen LogP contribution in [0.25, 0.3) is 10.8 Å². The number of benzene rings is 2. The van der Waals surface area contributed by atoms with Crippen molar-refractivity contribution in [2.75, 3.05) is 0 Å². The van der Waals surface area contributed by atoms with Crippen LogP contribution in [0.2, 0.25) is 0 Å². The largest absolute Gasteiger partial charge is 0.286 e. The number of thioether (sulfide) groups is 2. The summed E-state index contributed by atoms with van der Waals surface area (Å²) >= 11 is 2.03. The average molecular weight is 386 g/mol.